The van der Waals surface area contributed by atoms with Crippen LogP contribution in [0.2, 0.25) is 0 Å². The SMILES string of the molecule is C[C@H]1CCc2c(sc3nc([C@@H](C)OC(=O)/C=C/c4ccccc4F)[nH]c(=O)c23)C1. The predicted octanol–water partition coefficient (Wildman–Crippen LogP) is 4.57. The molecule has 2 heterocycles. The summed E-state index contributed by atoms with van der Waals surface area (Å²) in [5, 5.41) is 0.665. The highest BCUT2D eigenvalue weighted by atomic mass is 32.1. The fourth-order valence-corrected chi connectivity index (χ4v) is 4.99. The van der Waals surface area contributed by atoms with E-state index in [0.29, 0.717) is 27.5 Å². The first-order chi connectivity index (χ1) is 13.9. The number of fused-ring (bicyclic) bond motifs is 3. The van der Waals surface area contributed by atoms with Gasteiger partial charge in [0.05, 0.1) is 5.39 Å². The van der Waals surface area contributed by atoms with Gasteiger partial charge in [0, 0.05) is 16.5 Å². The topological polar surface area (TPSA) is 72.0 Å². The van der Waals surface area contributed by atoms with Crippen molar-refractivity contribution in [2.24, 2.45) is 5.92 Å². The standard InChI is InChI=1S/C22H21FN2O3S/c1-12-7-9-15-17(11-12)29-22-19(15)21(27)24-20(25-22)13(2)28-18(26)10-8-14-5-3-4-6-16(14)23/h3-6,8,10,12-13H,7,9,11H2,1-2H3,(H,24,25,27)/b10-8+/t12-,13+/m0/s1. The van der Waals surface area contributed by atoms with Crippen molar-refractivity contribution in [2.45, 2.75) is 39.2 Å². The fourth-order valence-electron chi connectivity index (χ4n) is 3.60. The number of aryl methyl sites for hydroxylation is 1. The van der Waals surface area contributed by atoms with Crippen molar-refractivity contribution in [1.82, 2.24) is 9.97 Å². The Bertz CT molecular complexity index is 1160. The summed E-state index contributed by atoms with van der Waals surface area (Å²) in [6, 6.07) is 6.14. The van der Waals surface area contributed by atoms with Crippen LogP contribution in [0, 0.1) is 11.7 Å². The monoisotopic (exact) mass is 412 g/mol. The van der Waals surface area contributed by atoms with E-state index in [4.69, 9.17) is 4.74 Å². The lowest BCUT2D eigenvalue weighted by Crippen LogP contribution is -2.17. The van der Waals surface area contributed by atoms with E-state index in [-0.39, 0.29) is 5.56 Å². The molecule has 4 rings (SSSR count). The van der Waals surface area contributed by atoms with Crippen molar-refractivity contribution >= 4 is 33.6 Å². The zero-order valence-corrected chi connectivity index (χ0v) is 17.0. The van der Waals surface area contributed by atoms with Gasteiger partial charge in [-0.15, -0.1) is 11.3 Å². The van der Waals surface area contributed by atoms with E-state index in [1.807, 2.05) is 0 Å². The van der Waals surface area contributed by atoms with Crippen molar-refractivity contribution in [2.75, 3.05) is 0 Å². The number of thiophene rings is 1. The zero-order valence-electron chi connectivity index (χ0n) is 16.2. The number of aromatic nitrogens is 2. The largest absolute Gasteiger partial charge is 0.451 e. The number of halogens is 1. The van der Waals surface area contributed by atoms with Gasteiger partial charge in [-0.25, -0.2) is 14.2 Å². The van der Waals surface area contributed by atoms with Gasteiger partial charge in [-0.05, 0) is 49.8 Å². The minimum absolute atomic E-state index is 0.193. The Kier molecular flexibility index (Phi) is 5.32. The van der Waals surface area contributed by atoms with Crippen molar-refractivity contribution < 1.29 is 13.9 Å². The summed E-state index contributed by atoms with van der Waals surface area (Å²) in [6.45, 7) is 3.86. The van der Waals surface area contributed by atoms with E-state index in [1.54, 1.807) is 36.5 Å². The first-order valence-corrected chi connectivity index (χ1v) is 10.4. The van der Waals surface area contributed by atoms with E-state index in [9.17, 15) is 14.0 Å². The zero-order chi connectivity index (χ0) is 20.5. The summed E-state index contributed by atoms with van der Waals surface area (Å²) >= 11 is 1.55. The van der Waals surface area contributed by atoms with Gasteiger partial charge in [0.25, 0.3) is 5.56 Å². The highest BCUT2D eigenvalue weighted by molar-refractivity contribution is 7.18. The number of carbonyl (C=O) groups excluding carboxylic acids is 1. The Balaban J connectivity index is 1.54. The van der Waals surface area contributed by atoms with Crippen LogP contribution in [0.3, 0.4) is 0 Å². The Morgan fingerprint density at radius 1 is 1.41 bits per heavy atom. The minimum atomic E-state index is -0.733. The average Bonchev–Trinajstić information content (AvgIpc) is 3.05. The van der Waals surface area contributed by atoms with Crippen molar-refractivity contribution in [3.8, 4) is 0 Å². The lowest BCUT2D eigenvalue weighted by molar-refractivity contribution is -0.142. The van der Waals surface area contributed by atoms with Crippen molar-refractivity contribution in [3.63, 3.8) is 0 Å². The quantitative estimate of drug-likeness (QED) is 0.503. The number of carbonyl (C=O) groups is 1. The second-order valence-corrected chi connectivity index (χ2v) is 8.50. The molecule has 0 unspecified atom stereocenters. The second kappa shape index (κ2) is 7.91. The van der Waals surface area contributed by atoms with E-state index in [0.717, 1.165) is 30.9 Å². The highest BCUT2D eigenvalue weighted by Gasteiger charge is 2.24. The lowest BCUT2D eigenvalue weighted by atomic mass is 9.89. The molecule has 2 aromatic heterocycles. The number of rotatable bonds is 4. The van der Waals surface area contributed by atoms with Gasteiger partial charge >= 0.3 is 5.97 Å². The van der Waals surface area contributed by atoms with Crippen LogP contribution in [-0.4, -0.2) is 15.9 Å². The van der Waals surface area contributed by atoms with Crippen molar-refractivity contribution in [3.05, 3.63) is 68.3 Å². The molecule has 0 radical (unpaired) electrons. The molecule has 7 heteroatoms. The molecule has 0 spiro atoms. The molecular formula is C22H21FN2O3S. The molecule has 2 atom stereocenters. The van der Waals surface area contributed by atoms with Gasteiger partial charge in [-0.3, -0.25) is 4.79 Å². The Morgan fingerprint density at radius 2 is 2.21 bits per heavy atom. The summed E-state index contributed by atoms with van der Waals surface area (Å²) < 4.78 is 19.0. The number of hydrogen-bond donors (Lipinski definition) is 1. The first-order valence-electron chi connectivity index (χ1n) is 9.60. The number of esters is 1. The molecule has 0 saturated carbocycles. The molecule has 150 valence electrons. The molecule has 0 bridgehead atoms. The number of nitrogens with zero attached hydrogens (tertiary/aromatic N) is 1. The molecule has 0 amide bonds. The van der Waals surface area contributed by atoms with Gasteiger partial charge in [0.15, 0.2) is 11.9 Å². The van der Waals surface area contributed by atoms with E-state index in [2.05, 4.69) is 16.9 Å². The molecule has 0 fully saturated rings. The van der Waals surface area contributed by atoms with Crippen LogP contribution in [0.1, 0.15) is 48.2 Å². The molecule has 0 saturated heterocycles. The molecular weight excluding hydrogens is 391 g/mol. The van der Waals surface area contributed by atoms with Crippen molar-refractivity contribution in [1.29, 1.82) is 0 Å². The van der Waals surface area contributed by atoms with Crippen LogP contribution in [0.5, 0.6) is 0 Å². The summed E-state index contributed by atoms with van der Waals surface area (Å²) in [6.07, 6.45) is 4.72. The Morgan fingerprint density at radius 3 is 3.00 bits per heavy atom. The number of H-pyrrole nitrogens is 1. The van der Waals surface area contributed by atoms with Gasteiger partial charge in [0.2, 0.25) is 0 Å². The van der Waals surface area contributed by atoms with Crippen LogP contribution in [0.25, 0.3) is 16.3 Å². The third kappa shape index (κ3) is 4.00. The lowest BCUT2D eigenvalue weighted by Gasteiger charge is -2.17. The maximum Gasteiger partial charge on any atom is 0.331 e. The number of nitrogens with one attached hydrogen (secondary N) is 1. The van der Waals surface area contributed by atoms with E-state index in [1.165, 1.54) is 17.0 Å². The number of aromatic amines is 1. The summed E-state index contributed by atoms with van der Waals surface area (Å²) in [4.78, 5) is 34.0. The van der Waals surface area contributed by atoms with E-state index >= 15 is 0 Å². The smallest absolute Gasteiger partial charge is 0.331 e. The van der Waals surface area contributed by atoms with Gasteiger partial charge < -0.3 is 9.72 Å². The summed E-state index contributed by atoms with van der Waals surface area (Å²) in [5.74, 6) is -0.142. The molecule has 3 aromatic rings. The maximum atomic E-state index is 13.6. The Hall–Kier alpha value is -2.80. The fraction of sp³-hybridized carbons (Fsp3) is 0.318. The molecule has 1 aromatic carbocycles. The summed E-state index contributed by atoms with van der Waals surface area (Å²) in [5.41, 5.74) is 1.21. The summed E-state index contributed by atoms with van der Waals surface area (Å²) in [7, 11) is 0. The first kappa shape index (κ1) is 19.5. The van der Waals surface area contributed by atoms with E-state index < -0.39 is 17.9 Å². The second-order valence-electron chi connectivity index (χ2n) is 7.42. The average molecular weight is 412 g/mol. The van der Waals surface area contributed by atoms with Crippen LogP contribution in [0.4, 0.5) is 4.39 Å². The molecule has 1 aliphatic rings. The minimum Gasteiger partial charge on any atom is -0.451 e. The predicted molar refractivity (Wildman–Crippen MR) is 111 cm³/mol. The van der Waals surface area contributed by atoms with Crippen LogP contribution in [-0.2, 0) is 22.4 Å². The van der Waals surface area contributed by atoms with Crippen LogP contribution >= 0.6 is 11.3 Å². The van der Waals surface area contributed by atoms with Gasteiger partial charge in [-0.2, -0.15) is 0 Å². The maximum absolute atomic E-state index is 13.6. The normalized spacial score (nSPS) is 17.4. The Labute approximate surface area is 171 Å². The molecule has 1 aliphatic carbocycles. The van der Waals surface area contributed by atoms with Gasteiger partial charge in [-0.1, -0.05) is 25.1 Å². The van der Waals surface area contributed by atoms with Gasteiger partial charge in [0.1, 0.15) is 10.6 Å². The molecule has 0 aliphatic heterocycles. The number of benzene rings is 1. The number of ether oxygens (including phenoxy) is 1. The van der Waals surface area contributed by atoms with Crippen LogP contribution in [0.15, 0.2) is 35.1 Å². The molecule has 29 heavy (non-hydrogen) atoms. The third-order valence-corrected chi connectivity index (χ3v) is 6.31. The third-order valence-electron chi connectivity index (χ3n) is 5.17. The molecule has 5 nitrogen and oxygen atoms in total. The molecule has 1 N–H and O–H groups in total. The highest BCUT2D eigenvalue weighted by Crippen LogP contribution is 2.35. The van der Waals surface area contributed by atoms with Crippen LogP contribution < -0.4 is 5.56 Å². The number of hydrogen-bond acceptors (Lipinski definition) is 5.